The van der Waals surface area contributed by atoms with E-state index in [2.05, 4.69) is 0 Å². The summed E-state index contributed by atoms with van der Waals surface area (Å²) in [5.74, 6) is -0.311. The minimum Gasteiger partial charge on any atom is -0.464 e. The minimum atomic E-state index is -4.60. The van der Waals surface area contributed by atoms with Gasteiger partial charge in [-0.15, -0.1) is 0 Å². The van der Waals surface area contributed by atoms with Crippen LogP contribution in [0, 0.1) is 0 Å². The van der Waals surface area contributed by atoms with Gasteiger partial charge in [0.1, 0.15) is 6.04 Å². The number of ether oxygens (including phenoxy) is 1. The molecule has 3 rings (SSSR count). The molecule has 0 radical (unpaired) electrons. The molecule has 6 nitrogen and oxygen atoms in total. The van der Waals surface area contributed by atoms with Crippen LogP contribution in [0.2, 0.25) is 0 Å². The van der Waals surface area contributed by atoms with Gasteiger partial charge in [0.25, 0.3) is 0 Å². The SMILES string of the molecule is O=C1OCC[C@H]1N1CCN(S(=O)(=O)c2cccc(C(F)(F)F)c2)CC1. The molecule has 0 unspecified atom stereocenters. The quantitative estimate of drug-likeness (QED) is 0.743. The summed E-state index contributed by atoms with van der Waals surface area (Å²) >= 11 is 0. The van der Waals surface area contributed by atoms with Crippen molar-refractivity contribution in [3.63, 3.8) is 0 Å². The zero-order valence-electron chi connectivity index (χ0n) is 13.2. The highest BCUT2D eigenvalue weighted by Gasteiger charge is 2.37. The van der Waals surface area contributed by atoms with E-state index >= 15 is 0 Å². The van der Waals surface area contributed by atoms with Gasteiger partial charge < -0.3 is 4.74 Å². The van der Waals surface area contributed by atoms with Crippen LogP contribution >= 0.6 is 0 Å². The molecule has 0 spiro atoms. The number of cyclic esters (lactones) is 1. The van der Waals surface area contributed by atoms with E-state index in [0.29, 0.717) is 32.2 Å². The fourth-order valence-corrected chi connectivity index (χ4v) is 4.52. The summed E-state index contributed by atoms with van der Waals surface area (Å²) in [6, 6.07) is 3.36. The molecule has 2 heterocycles. The average Bonchev–Trinajstić information content (AvgIpc) is 3.00. The van der Waals surface area contributed by atoms with Crippen molar-refractivity contribution in [1.29, 1.82) is 0 Å². The lowest BCUT2D eigenvalue weighted by molar-refractivity contribution is -0.142. The molecule has 2 aliphatic heterocycles. The fraction of sp³-hybridized carbons (Fsp3) is 0.533. The van der Waals surface area contributed by atoms with Gasteiger partial charge in [-0.25, -0.2) is 8.42 Å². The number of esters is 1. The second kappa shape index (κ2) is 6.58. The Hall–Kier alpha value is -1.65. The van der Waals surface area contributed by atoms with E-state index in [4.69, 9.17) is 4.74 Å². The largest absolute Gasteiger partial charge is 0.464 e. The maximum Gasteiger partial charge on any atom is 0.416 e. The smallest absolute Gasteiger partial charge is 0.416 e. The Kier molecular flexibility index (Phi) is 4.78. The first-order valence-electron chi connectivity index (χ1n) is 7.78. The second-order valence-electron chi connectivity index (χ2n) is 5.94. The standard InChI is InChI=1S/C15H17F3N2O4S/c16-15(17,18)11-2-1-3-12(10-11)25(22,23)20-7-5-19(6-8-20)13-4-9-24-14(13)21/h1-3,10,13H,4-9H2/t13-/m1/s1. The van der Waals surface area contributed by atoms with Crippen LogP contribution < -0.4 is 0 Å². The van der Waals surface area contributed by atoms with Crippen LogP contribution in [0.1, 0.15) is 12.0 Å². The number of sulfonamides is 1. The third kappa shape index (κ3) is 3.65. The van der Waals surface area contributed by atoms with Crippen molar-refractivity contribution in [2.75, 3.05) is 32.8 Å². The molecule has 0 N–H and O–H groups in total. The summed E-state index contributed by atoms with van der Waals surface area (Å²) in [5.41, 5.74) is -0.999. The molecule has 2 saturated heterocycles. The number of hydrogen-bond acceptors (Lipinski definition) is 5. The number of carbonyl (C=O) groups excluding carboxylic acids is 1. The van der Waals surface area contributed by atoms with Crippen molar-refractivity contribution in [2.24, 2.45) is 0 Å². The van der Waals surface area contributed by atoms with E-state index in [1.807, 2.05) is 4.90 Å². The van der Waals surface area contributed by atoms with Crippen molar-refractivity contribution in [1.82, 2.24) is 9.21 Å². The topological polar surface area (TPSA) is 66.9 Å². The zero-order chi connectivity index (χ0) is 18.2. The average molecular weight is 378 g/mol. The molecule has 0 bridgehead atoms. The summed E-state index contributed by atoms with van der Waals surface area (Å²) in [7, 11) is -4.01. The summed E-state index contributed by atoms with van der Waals surface area (Å²) in [4.78, 5) is 13.1. The third-order valence-electron chi connectivity index (χ3n) is 4.42. The maximum atomic E-state index is 12.8. The van der Waals surface area contributed by atoms with Gasteiger partial charge in [0.15, 0.2) is 0 Å². The Morgan fingerprint density at radius 2 is 1.80 bits per heavy atom. The van der Waals surface area contributed by atoms with E-state index in [0.717, 1.165) is 22.5 Å². The highest BCUT2D eigenvalue weighted by atomic mass is 32.2. The Morgan fingerprint density at radius 1 is 1.12 bits per heavy atom. The minimum absolute atomic E-state index is 0.113. The zero-order valence-corrected chi connectivity index (χ0v) is 14.0. The first-order chi connectivity index (χ1) is 11.7. The van der Waals surface area contributed by atoms with Gasteiger partial charge in [0, 0.05) is 32.6 Å². The van der Waals surface area contributed by atoms with Crippen molar-refractivity contribution in [3.05, 3.63) is 29.8 Å². The molecule has 1 aromatic rings. The highest BCUT2D eigenvalue weighted by molar-refractivity contribution is 7.89. The summed E-state index contributed by atoms with van der Waals surface area (Å²) in [5, 5.41) is 0. The predicted octanol–water partition coefficient (Wildman–Crippen LogP) is 1.33. The Morgan fingerprint density at radius 3 is 2.36 bits per heavy atom. The molecule has 0 saturated carbocycles. The van der Waals surface area contributed by atoms with Gasteiger partial charge in [-0.1, -0.05) is 6.07 Å². The molecule has 1 atom stereocenters. The molecule has 2 aliphatic rings. The second-order valence-corrected chi connectivity index (χ2v) is 7.88. The van der Waals surface area contributed by atoms with Gasteiger partial charge in [0.05, 0.1) is 17.1 Å². The number of carbonyl (C=O) groups is 1. The van der Waals surface area contributed by atoms with Crippen LogP contribution in [0.5, 0.6) is 0 Å². The van der Waals surface area contributed by atoms with Crippen LogP contribution in [0.4, 0.5) is 13.2 Å². The fourth-order valence-electron chi connectivity index (χ4n) is 3.05. The van der Waals surface area contributed by atoms with Gasteiger partial charge in [-0.3, -0.25) is 9.69 Å². The lowest BCUT2D eigenvalue weighted by Gasteiger charge is -2.35. The molecule has 138 valence electrons. The molecule has 0 aliphatic carbocycles. The van der Waals surface area contributed by atoms with Gasteiger partial charge >= 0.3 is 12.1 Å². The van der Waals surface area contributed by atoms with Crippen LogP contribution in [0.15, 0.2) is 29.2 Å². The molecule has 25 heavy (non-hydrogen) atoms. The monoisotopic (exact) mass is 378 g/mol. The van der Waals surface area contributed by atoms with E-state index < -0.39 is 21.8 Å². The third-order valence-corrected chi connectivity index (χ3v) is 6.32. The first kappa shape index (κ1) is 18.2. The van der Waals surface area contributed by atoms with E-state index in [1.54, 1.807) is 0 Å². The predicted molar refractivity (Wildman–Crippen MR) is 81.1 cm³/mol. The molecular formula is C15H17F3N2O4S. The van der Waals surface area contributed by atoms with Crippen LogP contribution in [-0.4, -0.2) is 62.4 Å². The van der Waals surface area contributed by atoms with Crippen molar-refractivity contribution in [2.45, 2.75) is 23.5 Å². The summed E-state index contributed by atoms with van der Waals surface area (Å²) in [6.07, 6.45) is -4.04. The Bertz CT molecular complexity index is 758. The van der Waals surface area contributed by atoms with Crippen LogP contribution in [-0.2, 0) is 25.7 Å². The van der Waals surface area contributed by atoms with Gasteiger partial charge in [-0.2, -0.15) is 17.5 Å². The van der Waals surface area contributed by atoms with E-state index in [9.17, 15) is 26.4 Å². The lowest BCUT2D eigenvalue weighted by Crippen LogP contribution is -2.52. The van der Waals surface area contributed by atoms with Crippen molar-refractivity contribution >= 4 is 16.0 Å². The maximum absolute atomic E-state index is 12.8. The molecular weight excluding hydrogens is 361 g/mol. The Labute approximate surface area is 143 Å². The molecule has 1 aromatic carbocycles. The number of nitrogens with zero attached hydrogens (tertiary/aromatic N) is 2. The normalized spacial score (nSPS) is 23.6. The van der Waals surface area contributed by atoms with Gasteiger partial charge in [0.2, 0.25) is 10.0 Å². The Balaban J connectivity index is 1.73. The molecule has 10 heteroatoms. The number of benzene rings is 1. The van der Waals surface area contributed by atoms with Crippen molar-refractivity contribution < 1.29 is 31.1 Å². The number of piperazine rings is 1. The van der Waals surface area contributed by atoms with Gasteiger partial charge in [-0.05, 0) is 18.2 Å². The number of rotatable bonds is 3. The number of halogens is 3. The van der Waals surface area contributed by atoms with Crippen molar-refractivity contribution in [3.8, 4) is 0 Å². The van der Waals surface area contributed by atoms with Crippen LogP contribution in [0.25, 0.3) is 0 Å². The number of alkyl halides is 3. The summed E-state index contributed by atoms with van der Waals surface area (Å²) in [6.45, 7) is 1.24. The van der Waals surface area contributed by atoms with Crippen LogP contribution in [0.3, 0.4) is 0 Å². The summed E-state index contributed by atoms with van der Waals surface area (Å²) < 4.78 is 69.7. The van der Waals surface area contributed by atoms with E-state index in [1.165, 1.54) is 0 Å². The lowest BCUT2D eigenvalue weighted by atomic mass is 10.2. The van der Waals surface area contributed by atoms with E-state index in [-0.39, 0.29) is 30.0 Å². The molecule has 2 fully saturated rings. The molecule has 0 aromatic heterocycles. The molecule has 0 amide bonds. The highest BCUT2D eigenvalue weighted by Crippen LogP contribution is 2.31. The first-order valence-corrected chi connectivity index (χ1v) is 9.22. The number of hydrogen-bond donors (Lipinski definition) is 0.